The Kier molecular flexibility index (Phi) is 1.84. The van der Waals surface area contributed by atoms with Gasteiger partial charge in [0, 0.05) is 22.3 Å². The van der Waals surface area contributed by atoms with Gasteiger partial charge in [0.2, 0.25) is 0 Å². The van der Waals surface area contributed by atoms with Gasteiger partial charge in [0.1, 0.15) is 0 Å². The maximum atomic E-state index is 4.29. The number of nitrogens with zero attached hydrogens (tertiary/aromatic N) is 1. The molecular formula is C12H10BrN. The molecule has 2 aromatic rings. The average Bonchev–Trinajstić information content (AvgIpc) is 2.24. The SMILES string of the molecule is Brc1ccc2c3c(cncc13)CCC2. The van der Waals surface area contributed by atoms with Gasteiger partial charge in [-0.1, -0.05) is 22.0 Å². The normalized spacial score (nSPS) is 14.6. The summed E-state index contributed by atoms with van der Waals surface area (Å²) in [6.07, 6.45) is 7.61. The molecular weight excluding hydrogens is 238 g/mol. The summed E-state index contributed by atoms with van der Waals surface area (Å²) in [5.41, 5.74) is 2.89. The third kappa shape index (κ3) is 1.10. The highest BCUT2D eigenvalue weighted by atomic mass is 79.9. The zero-order valence-corrected chi connectivity index (χ0v) is 9.34. The van der Waals surface area contributed by atoms with Crippen molar-refractivity contribution in [3.05, 3.63) is 40.1 Å². The fourth-order valence-corrected chi connectivity index (χ4v) is 2.71. The molecule has 1 aliphatic rings. The monoisotopic (exact) mass is 247 g/mol. The van der Waals surface area contributed by atoms with Gasteiger partial charge in [-0.25, -0.2) is 0 Å². The van der Waals surface area contributed by atoms with Crippen LogP contribution < -0.4 is 0 Å². The second-order valence-corrected chi connectivity index (χ2v) is 4.64. The highest BCUT2D eigenvalue weighted by Crippen LogP contribution is 2.32. The first-order chi connectivity index (χ1) is 6.86. The smallest absolute Gasteiger partial charge is 0.0358 e. The highest BCUT2D eigenvalue weighted by Gasteiger charge is 2.13. The van der Waals surface area contributed by atoms with E-state index in [4.69, 9.17) is 0 Å². The van der Waals surface area contributed by atoms with Crippen molar-refractivity contribution in [2.24, 2.45) is 0 Å². The van der Waals surface area contributed by atoms with Crippen LogP contribution in [0.5, 0.6) is 0 Å². The number of pyridine rings is 1. The van der Waals surface area contributed by atoms with E-state index in [9.17, 15) is 0 Å². The molecule has 0 N–H and O–H groups in total. The standard InChI is InChI=1S/C12H10BrN/c13-11-5-4-8-2-1-3-9-6-14-7-10(11)12(8)9/h4-7H,1-3H2. The zero-order chi connectivity index (χ0) is 9.54. The van der Waals surface area contributed by atoms with E-state index < -0.39 is 0 Å². The fraction of sp³-hybridized carbons (Fsp3) is 0.250. The molecule has 0 aliphatic heterocycles. The van der Waals surface area contributed by atoms with Crippen molar-refractivity contribution < 1.29 is 0 Å². The Morgan fingerprint density at radius 3 is 2.86 bits per heavy atom. The van der Waals surface area contributed by atoms with Crippen LogP contribution in [0.1, 0.15) is 17.5 Å². The number of aromatic nitrogens is 1. The summed E-state index contributed by atoms with van der Waals surface area (Å²) < 4.78 is 1.16. The molecule has 14 heavy (non-hydrogen) atoms. The van der Waals surface area contributed by atoms with Crippen molar-refractivity contribution in [1.29, 1.82) is 0 Å². The van der Waals surface area contributed by atoms with Crippen LogP contribution in [0.3, 0.4) is 0 Å². The Bertz CT molecular complexity index is 495. The first kappa shape index (κ1) is 8.42. The quantitative estimate of drug-likeness (QED) is 0.695. The Morgan fingerprint density at radius 1 is 1.07 bits per heavy atom. The minimum absolute atomic E-state index is 1.16. The molecule has 1 aromatic carbocycles. The number of hydrogen-bond donors (Lipinski definition) is 0. The van der Waals surface area contributed by atoms with Gasteiger partial charge in [0.25, 0.3) is 0 Å². The molecule has 1 aliphatic carbocycles. The van der Waals surface area contributed by atoms with E-state index in [2.05, 4.69) is 33.0 Å². The third-order valence-electron chi connectivity index (χ3n) is 2.93. The van der Waals surface area contributed by atoms with Crippen LogP contribution in [-0.2, 0) is 12.8 Å². The van der Waals surface area contributed by atoms with Crippen molar-refractivity contribution in [2.45, 2.75) is 19.3 Å². The van der Waals surface area contributed by atoms with E-state index in [1.165, 1.54) is 41.2 Å². The van der Waals surface area contributed by atoms with Crippen molar-refractivity contribution in [1.82, 2.24) is 4.98 Å². The third-order valence-corrected chi connectivity index (χ3v) is 3.62. The van der Waals surface area contributed by atoms with Gasteiger partial charge in [-0.15, -0.1) is 0 Å². The lowest BCUT2D eigenvalue weighted by Gasteiger charge is -2.16. The summed E-state index contributed by atoms with van der Waals surface area (Å²) in [6.45, 7) is 0. The minimum Gasteiger partial charge on any atom is -0.264 e. The molecule has 0 unspecified atom stereocenters. The molecule has 1 heterocycles. The van der Waals surface area contributed by atoms with Gasteiger partial charge >= 0.3 is 0 Å². The number of aryl methyl sites for hydroxylation is 2. The second-order valence-electron chi connectivity index (χ2n) is 3.78. The van der Waals surface area contributed by atoms with E-state index in [1.54, 1.807) is 0 Å². The van der Waals surface area contributed by atoms with Crippen molar-refractivity contribution in [3.8, 4) is 0 Å². The molecule has 0 amide bonds. The summed E-state index contributed by atoms with van der Waals surface area (Å²) >= 11 is 3.58. The maximum Gasteiger partial charge on any atom is 0.0358 e. The summed E-state index contributed by atoms with van der Waals surface area (Å²) in [7, 11) is 0. The van der Waals surface area contributed by atoms with Gasteiger partial charge < -0.3 is 0 Å². The summed E-state index contributed by atoms with van der Waals surface area (Å²) in [4.78, 5) is 4.29. The molecule has 1 nitrogen and oxygen atoms in total. The molecule has 0 spiro atoms. The summed E-state index contributed by atoms with van der Waals surface area (Å²) in [5.74, 6) is 0. The van der Waals surface area contributed by atoms with Crippen LogP contribution in [0.15, 0.2) is 29.0 Å². The Morgan fingerprint density at radius 2 is 1.93 bits per heavy atom. The van der Waals surface area contributed by atoms with Crippen LogP contribution in [0.4, 0.5) is 0 Å². The van der Waals surface area contributed by atoms with Gasteiger partial charge in [0.15, 0.2) is 0 Å². The van der Waals surface area contributed by atoms with Crippen LogP contribution in [-0.4, -0.2) is 4.98 Å². The molecule has 0 atom stereocenters. The molecule has 1 aromatic heterocycles. The average molecular weight is 248 g/mol. The predicted octanol–water partition coefficient (Wildman–Crippen LogP) is 3.49. The van der Waals surface area contributed by atoms with Crippen molar-refractivity contribution >= 4 is 26.7 Å². The lowest BCUT2D eigenvalue weighted by atomic mass is 9.90. The lowest BCUT2D eigenvalue weighted by molar-refractivity contribution is 0.804. The first-order valence-electron chi connectivity index (χ1n) is 4.90. The second kappa shape index (κ2) is 3.06. The van der Waals surface area contributed by atoms with E-state index in [1.807, 2.05) is 12.4 Å². The van der Waals surface area contributed by atoms with Crippen molar-refractivity contribution in [3.63, 3.8) is 0 Å². The Labute approximate surface area is 91.3 Å². The molecule has 0 saturated heterocycles. The molecule has 0 saturated carbocycles. The van der Waals surface area contributed by atoms with Gasteiger partial charge in [-0.3, -0.25) is 4.98 Å². The zero-order valence-electron chi connectivity index (χ0n) is 7.76. The molecule has 0 radical (unpaired) electrons. The van der Waals surface area contributed by atoms with Crippen LogP contribution in [0.2, 0.25) is 0 Å². The molecule has 3 rings (SSSR count). The predicted molar refractivity (Wildman–Crippen MR) is 61.5 cm³/mol. The largest absolute Gasteiger partial charge is 0.264 e. The maximum absolute atomic E-state index is 4.29. The molecule has 2 heteroatoms. The molecule has 70 valence electrons. The van der Waals surface area contributed by atoms with E-state index in [0.29, 0.717) is 0 Å². The number of benzene rings is 1. The summed E-state index contributed by atoms with van der Waals surface area (Å²) in [5, 5.41) is 2.69. The first-order valence-corrected chi connectivity index (χ1v) is 5.69. The van der Waals surface area contributed by atoms with Gasteiger partial charge in [0.05, 0.1) is 0 Å². The minimum atomic E-state index is 1.16. The van der Waals surface area contributed by atoms with E-state index in [-0.39, 0.29) is 0 Å². The van der Waals surface area contributed by atoms with E-state index >= 15 is 0 Å². The number of hydrogen-bond acceptors (Lipinski definition) is 1. The Hall–Kier alpha value is -0.890. The van der Waals surface area contributed by atoms with Gasteiger partial charge in [-0.05, 0) is 41.8 Å². The topological polar surface area (TPSA) is 12.9 Å². The van der Waals surface area contributed by atoms with Crippen LogP contribution in [0, 0.1) is 0 Å². The van der Waals surface area contributed by atoms with Crippen LogP contribution in [0.25, 0.3) is 10.8 Å². The Balaban J connectivity index is 2.51. The number of halogens is 1. The van der Waals surface area contributed by atoms with Crippen LogP contribution >= 0.6 is 15.9 Å². The van der Waals surface area contributed by atoms with Crippen molar-refractivity contribution in [2.75, 3.05) is 0 Å². The van der Waals surface area contributed by atoms with E-state index in [0.717, 1.165) is 4.47 Å². The summed E-state index contributed by atoms with van der Waals surface area (Å²) in [6, 6.07) is 4.36. The number of rotatable bonds is 0. The fourth-order valence-electron chi connectivity index (χ4n) is 2.28. The highest BCUT2D eigenvalue weighted by molar-refractivity contribution is 9.10. The van der Waals surface area contributed by atoms with Gasteiger partial charge in [-0.2, -0.15) is 0 Å². The lowest BCUT2D eigenvalue weighted by Crippen LogP contribution is -2.01. The molecule has 0 fully saturated rings. The molecule has 0 bridgehead atoms.